The highest BCUT2D eigenvalue weighted by Crippen LogP contribution is 2.41. The highest BCUT2D eigenvalue weighted by molar-refractivity contribution is 5.93. The second-order valence-electron chi connectivity index (χ2n) is 6.33. The Bertz CT molecular complexity index is 553. The summed E-state index contributed by atoms with van der Waals surface area (Å²) in [6.07, 6.45) is 6.31. The van der Waals surface area contributed by atoms with Crippen molar-refractivity contribution in [1.29, 1.82) is 0 Å². The molecule has 0 unspecified atom stereocenters. The minimum Gasteiger partial charge on any atom is -0.481 e. The fourth-order valence-corrected chi connectivity index (χ4v) is 3.59. The first-order valence-electron chi connectivity index (χ1n) is 7.73. The van der Waals surface area contributed by atoms with Crippen molar-refractivity contribution in [2.24, 2.45) is 5.41 Å². The lowest BCUT2D eigenvalue weighted by Gasteiger charge is -2.40. The Labute approximate surface area is 129 Å². The molecule has 3 heterocycles. The number of piperidine rings is 1. The fraction of sp³-hybridized carbons (Fsp3) is 0.562. The van der Waals surface area contributed by atoms with Gasteiger partial charge in [0.1, 0.15) is 6.42 Å². The van der Waals surface area contributed by atoms with E-state index >= 15 is 0 Å². The monoisotopic (exact) mass is 303 g/mol. The summed E-state index contributed by atoms with van der Waals surface area (Å²) < 4.78 is 0. The summed E-state index contributed by atoms with van der Waals surface area (Å²) in [5.41, 5.74) is 1.37. The molecule has 0 radical (unpaired) electrons. The van der Waals surface area contributed by atoms with E-state index in [1.807, 2.05) is 24.5 Å². The Morgan fingerprint density at radius 3 is 2.41 bits per heavy atom. The lowest BCUT2D eigenvalue weighted by molar-refractivity contribution is -0.144. The standard InChI is InChI=1S/C16H21N3O3/c20-14(11-15(21)22)19-10-5-16(12-19)3-8-18(9-4-16)13-1-6-17-7-2-13/h1-2,6-7H,3-5,8-12H2,(H,21,22). The SMILES string of the molecule is O=C(O)CC(=O)N1CCC2(CCN(c3ccncc3)CC2)C1. The van der Waals surface area contributed by atoms with Gasteiger partial charge in [-0.05, 0) is 36.8 Å². The number of anilines is 1. The van der Waals surface area contributed by atoms with E-state index in [1.165, 1.54) is 5.69 Å². The summed E-state index contributed by atoms with van der Waals surface area (Å²) >= 11 is 0. The van der Waals surface area contributed by atoms with Crippen LogP contribution in [0.2, 0.25) is 0 Å². The number of carbonyl (C=O) groups is 2. The first kappa shape index (κ1) is 14.8. The maximum absolute atomic E-state index is 11.9. The molecule has 0 aromatic carbocycles. The normalized spacial score (nSPS) is 20.4. The number of amides is 1. The lowest BCUT2D eigenvalue weighted by atomic mass is 9.77. The molecule has 1 amide bonds. The first-order chi connectivity index (χ1) is 10.6. The number of carboxylic acids is 1. The fourth-order valence-electron chi connectivity index (χ4n) is 3.59. The van der Waals surface area contributed by atoms with Crippen LogP contribution in [-0.2, 0) is 9.59 Å². The molecule has 0 bridgehead atoms. The van der Waals surface area contributed by atoms with Crippen LogP contribution in [-0.4, -0.2) is 53.0 Å². The van der Waals surface area contributed by atoms with E-state index in [-0.39, 0.29) is 17.7 Å². The van der Waals surface area contributed by atoms with Crippen molar-refractivity contribution in [3.05, 3.63) is 24.5 Å². The van der Waals surface area contributed by atoms with E-state index in [2.05, 4.69) is 9.88 Å². The molecule has 6 heteroatoms. The number of carbonyl (C=O) groups excluding carboxylic acids is 1. The van der Waals surface area contributed by atoms with Crippen LogP contribution in [0, 0.1) is 5.41 Å². The minimum absolute atomic E-state index is 0.178. The van der Waals surface area contributed by atoms with Crippen molar-refractivity contribution in [2.75, 3.05) is 31.1 Å². The van der Waals surface area contributed by atoms with Gasteiger partial charge in [-0.25, -0.2) is 0 Å². The van der Waals surface area contributed by atoms with Gasteiger partial charge in [-0.3, -0.25) is 14.6 Å². The van der Waals surface area contributed by atoms with Crippen molar-refractivity contribution in [3.8, 4) is 0 Å². The van der Waals surface area contributed by atoms with Crippen molar-refractivity contribution >= 4 is 17.6 Å². The molecule has 1 spiro atoms. The van der Waals surface area contributed by atoms with Gasteiger partial charge >= 0.3 is 5.97 Å². The van der Waals surface area contributed by atoms with E-state index < -0.39 is 5.97 Å². The molecular weight excluding hydrogens is 282 g/mol. The van der Waals surface area contributed by atoms with Crippen LogP contribution in [0.1, 0.15) is 25.7 Å². The third kappa shape index (κ3) is 3.05. The predicted molar refractivity (Wildman–Crippen MR) is 81.6 cm³/mol. The number of aromatic nitrogens is 1. The Morgan fingerprint density at radius 1 is 1.14 bits per heavy atom. The summed E-state index contributed by atoms with van der Waals surface area (Å²) in [6.45, 7) is 3.36. The predicted octanol–water partition coefficient (Wildman–Crippen LogP) is 1.38. The smallest absolute Gasteiger partial charge is 0.312 e. The zero-order valence-electron chi connectivity index (χ0n) is 12.6. The van der Waals surface area contributed by atoms with E-state index in [4.69, 9.17) is 5.11 Å². The second-order valence-corrected chi connectivity index (χ2v) is 6.33. The van der Waals surface area contributed by atoms with E-state index in [0.717, 1.165) is 32.4 Å². The number of likely N-dealkylation sites (tertiary alicyclic amines) is 1. The van der Waals surface area contributed by atoms with Gasteiger partial charge in [-0.2, -0.15) is 0 Å². The van der Waals surface area contributed by atoms with Crippen molar-refractivity contribution in [2.45, 2.75) is 25.7 Å². The van der Waals surface area contributed by atoms with Gasteiger partial charge in [0.05, 0.1) is 0 Å². The van der Waals surface area contributed by atoms with Gasteiger partial charge in [0, 0.05) is 44.3 Å². The molecule has 0 saturated carbocycles. The maximum Gasteiger partial charge on any atom is 0.312 e. The number of pyridine rings is 1. The van der Waals surface area contributed by atoms with Crippen LogP contribution in [0.15, 0.2) is 24.5 Å². The molecule has 0 atom stereocenters. The van der Waals surface area contributed by atoms with Crippen LogP contribution >= 0.6 is 0 Å². The highest BCUT2D eigenvalue weighted by Gasteiger charge is 2.42. The van der Waals surface area contributed by atoms with Gasteiger partial charge in [0.2, 0.25) is 5.91 Å². The molecule has 2 aliphatic rings. The summed E-state index contributed by atoms with van der Waals surface area (Å²) in [6, 6.07) is 4.05. The highest BCUT2D eigenvalue weighted by atomic mass is 16.4. The Hall–Kier alpha value is -2.11. The average molecular weight is 303 g/mol. The number of carboxylic acid groups (broad SMARTS) is 1. The number of hydrogen-bond acceptors (Lipinski definition) is 4. The Balaban J connectivity index is 1.57. The van der Waals surface area contributed by atoms with Gasteiger partial charge in [0.15, 0.2) is 0 Å². The molecule has 0 aliphatic carbocycles. The number of nitrogens with zero attached hydrogens (tertiary/aromatic N) is 3. The van der Waals surface area contributed by atoms with Crippen LogP contribution in [0.4, 0.5) is 5.69 Å². The van der Waals surface area contributed by atoms with Gasteiger partial charge in [0.25, 0.3) is 0 Å². The van der Waals surface area contributed by atoms with E-state index in [1.54, 1.807) is 4.90 Å². The third-order valence-electron chi connectivity index (χ3n) is 4.95. The van der Waals surface area contributed by atoms with Gasteiger partial charge < -0.3 is 14.9 Å². The van der Waals surface area contributed by atoms with Crippen LogP contribution in [0.3, 0.4) is 0 Å². The topological polar surface area (TPSA) is 73.7 Å². The summed E-state index contributed by atoms with van der Waals surface area (Å²) in [7, 11) is 0. The van der Waals surface area contributed by atoms with E-state index in [9.17, 15) is 9.59 Å². The molecule has 118 valence electrons. The third-order valence-corrected chi connectivity index (χ3v) is 4.95. The average Bonchev–Trinajstić information content (AvgIpc) is 2.92. The molecule has 1 N–H and O–H groups in total. The molecule has 1 aromatic heterocycles. The molecule has 2 fully saturated rings. The van der Waals surface area contributed by atoms with Crippen LogP contribution < -0.4 is 4.90 Å². The molecule has 1 aromatic rings. The second kappa shape index (κ2) is 5.94. The quantitative estimate of drug-likeness (QED) is 0.854. The molecule has 2 aliphatic heterocycles. The van der Waals surface area contributed by atoms with Crippen LogP contribution in [0.25, 0.3) is 0 Å². The van der Waals surface area contributed by atoms with Crippen LogP contribution in [0.5, 0.6) is 0 Å². The number of rotatable bonds is 3. The van der Waals surface area contributed by atoms with Crippen molar-refractivity contribution in [3.63, 3.8) is 0 Å². The molecule has 6 nitrogen and oxygen atoms in total. The number of hydrogen-bond donors (Lipinski definition) is 1. The van der Waals surface area contributed by atoms with E-state index in [0.29, 0.717) is 13.1 Å². The summed E-state index contributed by atoms with van der Waals surface area (Å²) in [4.78, 5) is 30.7. The van der Waals surface area contributed by atoms with Crippen molar-refractivity contribution in [1.82, 2.24) is 9.88 Å². The van der Waals surface area contributed by atoms with Gasteiger partial charge in [-0.1, -0.05) is 0 Å². The largest absolute Gasteiger partial charge is 0.481 e. The lowest BCUT2D eigenvalue weighted by Crippen LogP contribution is -2.42. The minimum atomic E-state index is -1.04. The molecular formula is C16H21N3O3. The zero-order chi connectivity index (χ0) is 15.6. The summed E-state index contributed by atoms with van der Waals surface area (Å²) in [5.74, 6) is -1.29. The van der Waals surface area contributed by atoms with Gasteiger partial charge in [-0.15, -0.1) is 0 Å². The Kier molecular flexibility index (Phi) is 4.00. The number of aliphatic carboxylic acids is 1. The summed E-state index contributed by atoms with van der Waals surface area (Å²) in [5, 5.41) is 8.75. The van der Waals surface area contributed by atoms with Crippen molar-refractivity contribution < 1.29 is 14.7 Å². The Morgan fingerprint density at radius 2 is 1.77 bits per heavy atom. The molecule has 22 heavy (non-hydrogen) atoms. The first-order valence-corrected chi connectivity index (χ1v) is 7.73. The maximum atomic E-state index is 11.9. The molecule has 2 saturated heterocycles. The molecule has 3 rings (SSSR count). The zero-order valence-corrected chi connectivity index (χ0v) is 12.6.